The van der Waals surface area contributed by atoms with Gasteiger partial charge in [-0.05, 0) is 51.2 Å². The maximum absolute atomic E-state index is 11.6. The highest BCUT2D eigenvalue weighted by molar-refractivity contribution is 5.87. The second-order valence-corrected chi connectivity index (χ2v) is 5.13. The molecule has 0 spiro atoms. The molecule has 116 valence electrons. The summed E-state index contributed by atoms with van der Waals surface area (Å²) in [4.78, 5) is 24.5. The van der Waals surface area contributed by atoms with Crippen molar-refractivity contribution in [1.29, 1.82) is 0 Å². The van der Waals surface area contributed by atoms with E-state index in [4.69, 9.17) is 5.11 Å². The van der Waals surface area contributed by atoms with Crippen molar-refractivity contribution in [3.05, 3.63) is 35.4 Å². The zero-order chi connectivity index (χ0) is 15.7. The molecule has 0 saturated carbocycles. The van der Waals surface area contributed by atoms with E-state index in [0.717, 1.165) is 24.9 Å². The third-order valence-corrected chi connectivity index (χ3v) is 2.94. The van der Waals surface area contributed by atoms with E-state index in [0.29, 0.717) is 13.1 Å². The first-order chi connectivity index (χ1) is 9.99. The highest BCUT2D eigenvalue weighted by Gasteiger charge is 2.04. The van der Waals surface area contributed by atoms with Gasteiger partial charge in [-0.2, -0.15) is 0 Å². The Balaban J connectivity index is 2.24. The van der Waals surface area contributed by atoms with Crippen molar-refractivity contribution in [2.75, 3.05) is 27.2 Å². The summed E-state index contributed by atoms with van der Waals surface area (Å²) in [6.45, 7) is 1.95. The van der Waals surface area contributed by atoms with Gasteiger partial charge in [0.15, 0.2) is 0 Å². The highest BCUT2D eigenvalue weighted by atomic mass is 16.4. The summed E-state index contributed by atoms with van der Waals surface area (Å²) < 4.78 is 0. The molecule has 0 aliphatic rings. The van der Waals surface area contributed by atoms with Crippen LogP contribution in [0.3, 0.4) is 0 Å². The number of nitrogens with one attached hydrogen (secondary N) is 2. The molecule has 2 amide bonds. The number of unbranched alkanes of at least 4 members (excludes halogenated alkanes) is 1. The second kappa shape index (κ2) is 8.97. The van der Waals surface area contributed by atoms with Crippen molar-refractivity contribution in [3.63, 3.8) is 0 Å². The number of carbonyl (C=O) groups is 2. The van der Waals surface area contributed by atoms with Crippen molar-refractivity contribution in [3.8, 4) is 0 Å². The molecule has 3 N–H and O–H groups in total. The van der Waals surface area contributed by atoms with Gasteiger partial charge < -0.3 is 20.6 Å². The van der Waals surface area contributed by atoms with Gasteiger partial charge in [-0.3, -0.25) is 0 Å². The Morgan fingerprint density at radius 3 is 2.62 bits per heavy atom. The van der Waals surface area contributed by atoms with Gasteiger partial charge in [-0.25, -0.2) is 9.59 Å². The van der Waals surface area contributed by atoms with Crippen molar-refractivity contribution in [1.82, 2.24) is 15.5 Å². The van der Waals surface area contributed by atoms with Crippen LogP contribution in [0, 0.1) is 0 Å². The molecule has 0 atom stereocenters. The predicted octanol–water partition coefficient (Wildman–Crippen LogP) is 1.53. The second-order valence-electron chi connectivity index (χ2n) is 5.13. The number of carboxylic acid groups (broad SMARTS) is 1. The maximum Gasteiger partial charge on any atom is 0.335 e. The fourth-order valence-electron chi connectivity index (χ4n) is 1.81. The van der Waals surface area contributed by atoms with Gasteiger partial charge in [0.1, 0.15) is 0 Å². The number of hydrogen-bond acceptors (Lipinski definition) is 3. The molecule has 0 heterocycles. The fourth-order valence-corrected chi connectivity index (χ4v) is 1.81. The Morgan fingerprint density at radius 2 is 1.95 bits per heavy atom. The minimum atomic E-state index is -0.970. The van der Waals surface area contributed by atoms with Gasteiger partial charge in [0.2, 0.25) is 0 Å². The SMILES string of the molecule is CN(C)CCCCNC(=O)NCc1cccc(C(=O)O)c1. The minimum absolute atomic E-state index is 0.221. The molecule has 1 aromatic rings. The summed E-state index contributed by atoms with van der Waals surface area (Å²) in [7, 11) is 4.04. The van der Waals surface area contributed by atoms with E-state index < -0.39 is 5.97 Å². The van der Waals surface area contributed by atoms with E-state index in [9.17, 15) is 9.59 Å². The molecule has 0 radical (unpaired) electrons. The standard InChI is InChI=1S/C15H23N3O3/c1-18(2)9-4-3-8-16-15(21)17-11-12-6-5-7-13(10-12)14(19)20/h5-7,10H,3-4,8-9,11H2,1-2H3,(H,19,20)(H2,16,17,21). The third-order valence-electron chi connectivity index (χ3n) is 2.94. The normalized spacial score (nSPS) is 10.4. The average molecular weight is 293 g/mol. The van der Waals surface area contributed by atoms with E-state index in [2.05, 4.69) is 15.5 Å². The molecular weight excluding hydrogens is 270 g/mol. The Bertz CT molecular complexity index is 475. The lowest BCUT2D eigenvalue weighted by Crippen LogP contribution is -2.35. The van der Waals surface area contributed by atoms with Gasteiger partial charge in [0, 0.05) is 13.1 Å². The molecule has 0 unspecified atom stereocenters. The molecule has 0 fully saturated rings. The van der Waals surface area contributed by atoms with Crippen LogP contribution in [0.2, 0.25) is 0 Å². The topological polar surface area (TPSA) is 81.7 Å². The highest BCUT2D eigenvalue weighted by Crippen LogP contribution is 2.04. The number of aromatic carboxylic acids is 1. The number of amides is 2. The van der Waals surface area contributed by atoms with Crippen molar-refractivity contribution in [2.24, 2.45) is 0 Å². The molecule has 6 heteroatoms. The van der Waals surface area contributed by atoms with Crippen LogP contribution in [0.1, 0.15) is 28.8 Å². The van der Waals surface area contributed by atoms with Crippen LogP contribution in [0.5, 0.6) is 0 Å². The first kappa shape index (κ1) is 17.0. The summed E-state index contributed by atoms with van der Waals surface area (Å²) in [6, 6.07) is 6.29. The van der Waals surface area contributed by atoms with Crippen molar-refractivity contribution in [2.45, 2.75) is 19.4 Å². The molecule has 6 nitrogen and oxygen atoms in total. The first-order valence-electron chi connectivity index (χ1n) is 6.97. The Hall–Kier alpha value is -2.08. The van der Waals surface area contributed by atoms with Crippen LogP contribution in [0.15, 0.2) is 24.3 Å². The van der Waals surface area contributed by atoms with Crippen molar-refractivity contribution < 1.29 is 14.7 Å². The van der Waals surface area contributed by atoms with E-state index in [1.807, 2.05) is 14.1 Å². The zero-order valence-corrected chi connectivity index (χ0v) is 12.6. The average Bonchev–Trinajstić information content (AvgIpc) is 2.44. The quantitative estimate of drug-likeness (QED) is 0.635. The molecular formula is C15H23N3O3. The Morgan fingerprint density at radius 1 is 1.19 bits per heavy atom. The lowest BCUT2D eigenvalue weighted by atomic mass is 10.1. The molecule has 0 aliphatic heterocycles. The van der Waals surface area contributed by atoms with Gasteiger partial charge in [0.05, 0.1) is 5.56 Å². The fraction of sp³-hybridized carbons (Fsp3) is 0.467. The number of urea groups is 1. The molecule has 1 rings (SSSR count). The van der Waals surface area contributed by atoms with Crippen LogP contribution in [-0.4, -0.2) is 49.2 Å². The molecule has 1 aromatic carbocycles. The largest absolute Gasteiger partial charge is 0.478 e. The third kappa shape index (κ3) is 7.31. The summed E-state index contributed by atoms with van der Waals surface area (Å²) in [5.41, 5.74) is 0.982. The lowest BCUT2D eigenvalue weighted by molar-refractivity contribution is 0.0696. The minimum Gasteiger partial charge on any atom is -0.478 e. The summed E-state index contributed by atoms with van der Waals surface area (Å²) in [6.07, 6.45) is 1.97. The summed E-state index contributed by atoms with van der Waals surface area (Å²) in [5, 5.41) is 14.4. The molecule has 0 saturated heterocycles. The molecule has 0 bridgehead atoms. The number of carbonyl (C=O) groups excluding carboxylic acids is 1. The van der Waals surface area contributed by atoms with E-state index >= 15 is 0 Å². The van der Waals surface area contributed by atoms with Gasteiger partial charge >= 0.3 is 12.0 Å². The predicted molar refractivity (Wildman–Crippen MR) is 81.4 cm³/mol. The van der Waals surface area contributed by atoms with Gasteiger partial charge in [-0.1, -0.05) is 12.1 Å². The van der Waals surface area contributed by atoms with Crippen LogP contribution < -0.4 is 10.6 Å². The number of hydrogen-bond donors (Lipinski definition) is 3. The van der Waals surface area contributed by atoms with Crippen LogP contribution in [0.4, 0.5) is 4.79 Å². The molecule has 0 aliphatic carbocycles. The van der Waals surface area contributed by atoms with Crippen molar-refractivity contribution >= 4 is 12.0 Å². The van der Waals surface area contributed by atoms with Gasteiger partial charge in [0.25, 0.3) is 0 Å². The van der Waals surface area contributed by atoms with Crippen LogP contribution >= 0.6 is 0 Å². The summed E-state index contributed by atoms with van der Waals surface area (Å²) in [5.74, 6) is -0.970. The smallest absolute Gasteiger partial charge is 0.335 e. The first-order valence-corrected chi connectivity index (χ1v) is 6.97. The maximum atomic E-state index is 11.6. The Kier molecular flexibility index (Phi) is 7.25. The Labute approximate surface area is 125 Å². The van der Waals surface area contributed by atoms with Gasteiger partial charge in [-0.15, -0.1) is 0 Å². The van der Waals surface area contributed by atoms with Crippen LogP contribution in [-0.2, 0) is 6.54 Å². The lowest BCUT2D eigenvalue weighted by Gasteiger charge is -2.10. The monoisotopic (exact) mass is 293 g/mol. The van der Waals surface area contributed by atoms with Crippen LogP contribution in [0.25, 0.3) is 0 Å². The zero-order valence-electron chi connectivity index (χ0n) is 12.6. The summed E-state index contributed by atoms with van der Waals surface area (Å²) >= 11 is 0. The number of benzene rings is 1. The number of nitrogens with zero attached hydrogens (tertiary/aromatic N) is 1. The van der Waals surface area contributed by atoms with E-state index in [1.165, 1.54) is 6.07 Å². The van der Waals surface area contributed by atoms with E-state index in [1.54, 1.807) is 18.2 Å². The number of carboxylic acids is 1. The molecule has 21 heavy (non-hydrogen) atoms. The number of rotatable bonds is 8. The van der Waals surface area contributed by atoms with E-state index in [-0.39, 0.29) is 11.6 Å². The molecule has 0 aromatic heterocycles.